The number of carboxylic acid groups (broad SMARTS) is 1. The molecule has 1 heterocycles. The van der Waals surface area contributed by atoms with E-state index in [4.69, 9.17) is 0 Å². The molecule has 1 saturated carbocycles. The summed E-state index contributed by atoms with van der Waals surface area (Å²) in [5.41, 5.74) is -2.78. The molecule has 1 saturated heterocycles. The third-order valence-corrected chi connectivity index (χ3v) is 5.85. The second-order valence-corrected chi connectivity index (χ2v) is 7.15. The Kier molecular flexibility index (Phi) is 2.54. The lowest BCUT2D eigenvalue weighted by atomic mass is 9.60. The first-order valence-corrected chi connectivity index (χ1v) is 7.30. The highest BCUT2D eigenvalue weighted by Crippen LogP contribution is 2.51. The standard InChI is InChI=1S/C10H16O5S/c11-8(12)9(10(13)4-1-5-10)3-2-6-16(14,15)7-9/h13H,1-7H2,(H,11,12). The summed E-state index contributed by atoms with van der Waals surface area (Å²) in [6, 6.07) is 0. The van der Waals surface area contributed by atoms with E-state index >= 15 is 0 Å². The van der Waals surface area contributed by atoms with Crippen LogP contribution in [0.25, 0.3) is 0 Å². The van der Waals surface area contributed by atoms with Crippen molar-refractivity contribution in [2.24, 2.45) is 5.41 Å². The number of aliphatic carboxylic acids is 1. The van der Waals surface area contributed by atoms with E-state index in [0.717, 1.165) is 6.42 Å². The molecule has 0 aromatic carbocycles. The van der Waals surface area contributed by atoms with Gasteiger partial charge in [0.15, 0.2) is 9.84 Å². The molecule has 2 aliphatic rings. The molecule has 16 heavy (non-hydrogen) atoms. The second kappa shape index (κ2) is 3.43. The molecule has 2 rings (SSSR count). The molecule has 2 fully saturated rings. The fourth-order valence-corrected chi connectivity index (χ4v) is 4.85. The van der Waals surface area contributed by atoms with Crippen LogP contribution in [0, 0.1) is 5.41 Å². The normalized spacial score (nSPS) is 36.3. The third kappa shape index (κ3) is 1.55. The van der Waals surface area contributed by atoms with E-state index in [9.17, 15) is 23.4 Å². The van der Waals surface area contributed by atoms with E-state index in [1.165, 1.54) is 0 Å². The Morgan fingerprint density at radius 3 is 2.12 bits per heavy atom. The second-order valence-electron chi connectivity index (χ2n) is 4.97. The maximum atomic E-state index is 11.6. The molecule has 1 aliphatic heterocycles. The predicted molar refractivity (Wildman–Crippen MR) is 56.8 cm³/mol. The van der Waals surface area contributed by atoms with Gasteiger partial charge < -0.3 is 10.2 Å². The van der Waals surface area contributed by atoms with Crippen LogP contribution >= 0.6 is 0 Å². The fraction of sp³-hybridized carbons (Fsp3) is 0.900. The predicted octanol–water partition coefficient (Wildman–Crippen LogP) is 0.181. The van der Waals surface area contributed by atoms with Crippen LogP contribution in [0.3, 0.4) is 0 Å². The lowest BCUT2D eigenvalue weighted by Gasteiger charge is -2.51. The minimum absolute atomic E-state index is 0.0398. The summed E-state index contributed by atoms with van der Waals surface area (Å²) >= 11 is 0. The zero-order valence-corrected chi connectivity index (χ0v) is 9.79. The summed E-state index contributed by atoms with van der Waals surface area (Å²) in [5, 5.41) is 19.5. The topological polar surface area (TPSA) is 91.7 Å². The van der Waals surface area contributed by atoms with Crippen LogP contribution in [-0.4, -0.2) is 41.7 Å². The average Bonchev–Trinajstić information content (AvgIpc) is 2.12. The van der Waals surface area contributed by atoms with Gasteiger partial charge in [-0.1, -0.05) is 0 Å². The summed E-state index contributed by atoms with van der Waals surface area (Å²) in [7, 11) is -3.34. The smallest absolute Gasteiger partial charge is 0.313 e. The minimum Gasteiger partial charge on any atom is -0.481 e. The van der Waals surface area contributed by atoms with Crippen LogP contribution in [-0.2, 0) is 14.6 Å². The van der Waals surface area contributed by atoms with E-state index in [1.807, 2.05) is 0 Å². The number of carboxylic acids is 1. The first-order valence-electron chi connectivity index (χ1n) is 5.48. The van der Waals surface area contributed by atoms with E-state index in [1.54, 1.807) is 0 Å². The summed E-state index contributed by atoms with van der Waals surface area (Å²) in [4.78, 5) is 11.4. The maximum absolute atomic E-state index is 11.6. The van der Waals surface area contributed by atoms with Crippen LogP contribution in [0.15, 0.2) is 0 Å². The molecule has 2 N–H and O–H groups in total. The van der Waals surface area contributed by atoms with Gasteiger partial charge in [-0.3, -0.25) is 4.79 Å². The quantitative estimate of drug-likeness (QED) is 0.727. The fourth-order valence-electron chi connectivity index (χ4n) is 2.84. The maximum Gasteiger partial charge on any atom is 0.313 e. The van der Waals surface area contributed by atoms with Gasteiger partial charge in [-0.25, -0.2) is 8.42 Å². The van der Waals surface area contributed by atoms with Crippen molar-refractivity contribution in [3.63, 3.8) is 0 Å². The number of hydrogen-bond donors (Lipinski definition) is 2. The summed E-state index contributed by atoms with van der Waals surface area (Å²) in [6.45, 7) is 0. The van der Waals surface area contributed by atoms with Crippen molar-refractivity contribution < 1.29 is 23.4 Å². The average molecular weight is 248 g/mol. The van der Waals surface area contributed by atoms with Crippen LogP contribution in [0.1, 0.15) is 32.1 Å². The molecule has 1 unspecified atom stereocenters. The SMILES string of the molecule is O=C(O)C1(C2(O)CCC2)CCCS(=O)(=O)C1. The third-order valence-electron chi connectivity index (χ3n) is 4.01. The van der Waals surface area contributed by atoms with Crippen LogP contribution in [0.4, 0.5) is 0 Å². The molecule has 5 nitrogen and oxygen atoms in total. The zero-order chi connectivity index (χ0) is 12.0. The van der Waals surface area contributed by atoms with E-state index in [0.29, 0.717) is 19.3 Å². The lowest BCUT2D eigenvalue weighted by molar-refractivity contribution is -0.182. The van der Waals surface area contributed by atoms with Gasteiger partial charge >= 0.3 is 5.97 Å². The van der Waals surface area contributed by atoms with Gasteiger partial charge in [-0.05, 0) is 32.1 Å². The Morgan fingerprint density at radius 1 is 1.12 bits per heavy atom. The molecule has 0 aromatic rings. The molecule has 0 radical (unpaired) electrons. The van der Waals surface area contributed by atoms with Crippen LogP contribution < -0.4 is 0 Å². The van der Waals surface area contributed by atoms with Gasteiger partial charge in [0.25, 0.3) is 0 Å². The highest BCUT2D eigenvalue weighted by molar-refractivity contribution is 7.91. The molecule has 0 spiro atoms. The first kappa shape index (κ1) is 11.9. The zero-order valence-electron chi connectivity index (χ0n) is 8.98. The Hall–Kier alpha value is -0.620. The number of aliphatic hydroxyl groups is 1. The molecular weight excluding hydrogens is 232 g/mol. The molecule has 92 valence electrons. The summed E-state index contributed by atoms with van der Waals surface area (Å²) in [5.74, 6) is -1.54. The Morgan fingerprint density at radius 2 is 1.75 bits per heavy atom. The molecule has 6 heteroatoms. The van der Waals surface area contributed by atoms with E-state index in [2.05, 4.69) is 0 Å². The van der Waals surface area contributed by atoms with Crippen LogP contribution in [0.5, 0.6) is 0 Å². The molecular formula is C10H16O5S. The Balaban J connectivity index is 2.40. The number of rotatable bonds is 2. The van der Waals surface area contributed by atoms with Gasteiger partial charge in [0.2, 0.25) is 0 Å². The highest BCUT2D eigenvalue weighted by Gasteiger charge is 2.61. The molecule has 0 aromatic heterocycles. The van der Waals surface area contributed by atoms with Gasteiger partial charge in [-0.2, -0.15) is 0 Å². The minimum atomic E-state index is -3.34. The highest BCUT2D eigenvalue weighted by atomic mass is 32.2. The van der Waals surface area contributed by atoms with Gasteiger partial charge in [0.05, 0.1) is 17.1 Å². The van der Waals surface area contributed by atoms with Crippen molar-refractivity contribution in [3.05, 3.63) is 0 Å². The summed E-state index contributed by atoms with van der Waals surface area (Å²) in [6.07, 6.45) is 2.16. The van der Waals surface area contributed by atoms with Crippen molar-refractivity contribution in [2.75, 3.05) is 11.5 Å². The number of carbonyl (C=O) groups is 1. The molecule has 0 amide bonds. The van der Waals surface area contributed by atoms with Crippen molar-refractivity contribution in [3.8, 4) is 0 Å². The number of hydrogen-bond acceptors (Lipinski definition) is 4. The molecule has 1 atom stereocenters. The first-order chi connectivity index (χ1) is 7.31. The van der Waals surface area contributed by atoms with Crippen molar-refractivity contribution >= 4 is 15.8 Å². The summed E-state index contributed by atoms with van der Waals surface area (Å²) < 4.78 is 23.2. The Bertz CT molecular complexity index is 409. The van der Waals surface area contributed by atoms with Crippen LogP contribution in [0.2, 0.25) is 0 Å². The lowest BCUT2D eigenvalue weighted by Crippen LogP contribution is -2.62. The molecule has 1 aliphatic carbocycles. The van der Waals surface area contributed by atoms with E-state index < -0.39 is 32.6 Å². The van der Waals surface area contributed by atoms with E-state index in [-0.39, 0.29) is 12.2 Å². The largest absolute Gasteiger partial charge is 0.481 e. The monoisotopic (exact) mass is 248 g/mol. The van der Waals surface area contributed by atoms with Crippen molar-refractivity contribution in [1.82, 2.24) is 0 Å². The molecule has 0 bridgehead atoms. The van der Waals surface area contributed by atoms with Gasteiger partial charge in [0.1, 0.15) is 5.41 Å². The van der Waals surface area contributed by atoms with Gasteiger partial charge in [-0.15, -0.1) is 0 Å². The van der Waals surface area contributed by atoms with Gasteiger partial charge in [0, 0.05) is 0 Å². The van der Waals surface area contributed by atoms with Crippen molar-refractivity contribution in [2.45, 2.75) is 37.7 Å². The Labute approximate surface area is 94.4 Å². The van der Waals surface area contributed by atoms with Crippen molar-refractivity contribution in [1.29, 1.82) is 0 Å². The number of sulfone groups is 1.